The van der Waals surface area contributed by atoms with Crippen molar-refractivity contribution in [1.82, 2.24) is 4.98 Å². The predicted molar refractivity (Wildman–Crippen MR) is 78.6 cm³/mol. The van der Waals surface area contributed by atoms with Gasteiger partial charge in [-0.2, -0.15) is 0 Å². The van der Waals surface area contributed by atoms with Crippen LogP contribution in [0.15, 0.2) is 40.8 Å². The maximum Gasteiger partial charge on any atom is 0.228 e. The van der Waals surface area contributed by atoms with E-state index in [-0.39, 0.29) is 11.5 Å². The molecular formula is C15H9Cl2NO2. The van der Waals surface area contributed by atoms with E-state index in [1.807, 2.05) is 13.0 Å². The Morgan fingerprint density at radius 1 is 1.10 bits per heavy atom. The van der Waals surface area contributed by atoms with Crippen molar-refractivity contribution in [3.63, 3.8) is 0 Å². The van der Waals surface area contributed by atoms with E-state index in [9.17, 15) is 4.79 Å². The third kappa shape index (κ3) is 2.30. The summed E-state index contributed by atoms with van der Waals surface area (Å²) in [6, 6.07) is 9.98. The quantitative estimate of drug-likeness (QED) is 0.646. The van der Waals surface area contributed by atoms with Crippen LogP contribution in [0.1, 0.15) is 21.8 Å². The van der Waals surface area contributed by atoms with E-state index in [0.717, 1.165) is 5.69 Å². The molecule has 0 atom stereocenters. The van der Waals surface area contributed by atoms with Gasteiger partial charge in [-0.25, -0.2) is 4.98 Å². The van der Waals surface area contributed by atoms with Crippen LogP contribution in [-0.4, -0.2) is 10.8 Å². The summed E-state index contributed by atoms with van der Waals surface area (Å²) in [4.78, 5) is 16.7. The number of aromatic nitrogens is 1. The van der Waals surface area contributed by atoms with E-state index in [2.05, 4.69) is 4.98 Å². The van der Waals surface area contributed by atoms with Crippen molar-refractivity contribution in [1.29, 1.82) is 0 Å². The molecule has 3 aromatic rings. The molecule has 1 aromatic carbocycles. The minimum absolute atomic E-state index is 0.233. The molecule has 0 radical (unpaired) electrons. The van der Waals surface area contributed by atoms with Gasteiger partial charge < -0.3 is 4.42 Å². The molecule has 3 nitrogen and oxygen atoms in total. The van der Waals surface area contributed by atoms with Crippen molar-refractivity contribution in [2.45, 2.75) is 6.92 Å². The number of carbonyl (C=O) groups excluding carboxylic acids is 1. The molecule has 0 unspecified atom stereocenters. The molecule has 0 bridgehead atoms. The molecular weight excluding hydrogens is 297 g/mol. The molecule has 0 spiro atoms. The first-order chi connectivity index (χ1) is 9.54. The van der Waals surface area contributed by atoms with Crippen molar-refractivity contribution >= 4 is 40.1 Å². The Hall–Kier alpha value is -1.84. The lowest BCUT2D eigenvalue weighted by Gasteiger charge is -1.99. The Labute approximate surface area is 125 Å². The standard InChI is InChI=1S/C15H9Cl2NO2/c1-8-2-5-13-12(18-8)7-14(20-13)15(19)9-3-4-10(16)11(17)6-9/h2-7H,1H3. The Balaban J connectivity index is 2.05. The molecule has 100 valence electrons. The predicted octanol–water partition coefficient (Wildman–Crippen LogP) is 4.67. The molecule has 5 heteroatoms. The first-order valence-electron chi connectivity index (χ1n) is 5.91. The Morgan fingerprint density at radius 2 is 1.90 bits per heavy atom. The van der Waals surface area contributed by atoms with Crippen LogP contribution in [0.25, 0.3) is 11.1 Å². The second-order valence-corrected chi connectivity index (χ2v) is 5.22. The lowest BCUT2D eigenvalue weighted by atomic mass is 10.1. The Bertz CT molecular complexity index is 824. The van der Waals surface area contributed by atoms with Gasteiger partial charge in [0.2, 0.25) is 5.78 Å². The summed E-state index contributed by atoms with van der Waals surface area (Å²) in [5, 5.41) is 0.743. The van der Waals surface area contributed by atoms with E-state index in [1.165, 1.54) is 6.07 Å². The molecule has 0 aliphatic rings. The average Bonchev–Trinajstić information content (AvgIpc) is 2.84. The van der Waals surface area contributed by atoms with Gasteiger partial charge in [-0.1, -0.05) is 23.2 Å². The number of fused-ring (bicyclic) bond motifs is 1. The van der Waals surface area contributed by atoms with Gasteiger partial charge >= 0.3 is 0 Å². The third-order valence-corrected chi connectivity index (χ3v) is 3.66. The van der Waals surface area contributed by atoms with Gasteiger partial charge in [-0.15, -0.1) is 0 Å². The van der Waals surface area contributed by atoms with E-state index >= 15 is 0 Å². The lowest BCUT2D eigenvalue weighted by Crippen LogP contribution is -1.99. The number of nitrogens with zero attached hydrogens (tertiary/aromatic N) is 1. The van der Waals surface area contributed by atoms with Gasteiger partial charge in [0.15, 0.2) is 11.3 Å². The molecule has 3 rings (SSSR count). The van der Waals surface area contributed by atoms with E-state index in [0.29, 0.717) is 26.7 Å². The zero-order chi connectivity index (χ0) is 14.3. The van der Waals surface area contributed by atoms with Crippen LogP contribution in [0.5, 0.6) is 0 Å². The minimum Gasteiger partial charge on any atom is -0.451 e. The fourth-order valence-electron chi connectivity index (χ4n) is 1.92. The highest BCUT2D eigenvalue weighted by Crippen LogP contribution is 2.25. The van der Waals surface area contributed by atoms with Gasteiger partial charge in [0, 0.05) is 17.3 Å². The first kappa shape index (κ1) is 13.2. The first-order valence-corrected chi connectivity index (χ1v) is 6.67. The maximum atomic E-state index is 12.3. The Kier molecular flexibility index (Phi) is 3.24. The van der Waals surface area contributed by atoms with Gasteiger partial charge in [0.05, 0.1) is 10.0 Å². The summed E-state index contributed by atoms with van der Waals surface area (Å²) >= 11 is 11.8. The van der Waals surface area contributed by atoms with E-state index < -0.39 is 0 Å². The number of hydrogen-bond donors (Lipinski definition) is 0. The highest BCUT2D eigenvalue weighted by Gasteiger charge is 2.16. The molecule has 0 fully saturated rings. The molecule has 2 heterocycles. The molecule has 0 aliphatic heterocycles. The summed E-state index contributed by atoms with van der Waals surface area (Å²) in [5.74, 6) is -0.0179. The van der Waals surface area contributed by atoms with Crippen LogP contribution in [0.2, 0.25) is 10.0 Å². The molecule has 20 heavy (non-hydrogen) atoms. The van der Waals surface area contributed by atoms with E-state index in [4.69, 9.17) is 27.6 Å². The number of hydrogen-bond acceptors (Lipinski definition) is 3. The summed E-state index contributed by atoms with van der Waals surface area (Å²) in [6.07, 6.45) is 0. The number of furan rings is 1. The summed E-state index contributed by atoms with van der Waals surface area (Å²) < 4.78 is 5.52. The number of benzene rings is 1. The number of halogens is 2. The summed E-state index contributed by atoms with van der Waals surface area (Å²) in [7, 11) is 0. The van der Waals surface area contributed by atoms with Crippen LogP contribution < -0.4 is 0 Å². The third-order valence-electron chi connectivity index (χ3n) is 2.92. The largest absolute Gasteiger partial charge is 0.451 e. The summed E-state index contributed by atoms with van der Waals surface area (Å²) in [5.41, 5.74) is 2.54. The van der Waals surface area contributed by atoms with Crippen LogP contribution in [0.3, 0.4) is 0 Å². The van der Waals surface area contributed by atoms with Crippen molar-refractivity contribution in [3.8, 4) is 0 Å². The topological polar surface area (TPSA) is 43.1 Å². The lowest BCUT2D eigenvalue weighted by molar-refractivity contribution is 0.101. The van der Waals surface area contributed by atoms with Gasteiger partial charge in [-0.3, -0.25) is 4.79 Å². The fourth-order valence-corrected chi connectivity index (χ4v) is 2.22. The molecule has 0 aliphatic carbocycles. The van der Waals surface area contributed by atoms with Crippen LogP contribution >= 0.6 is 23.2 Å². The Morgan fingerprint density at radius 3 is 2.65 bits per heavy atom. The van der Waals surface area contributed by atoms with Gasteiger partial charge in [-0.05, 0) is 37.3 Å². The minimum atomic E-state index is -0.251. The highest BCUT2D eigenvalue weighted by molar-refractivity contribution is 6.42. The highest BCUT2D eigenvalue weighted by atomic mass is 35.5. The second-order valence-electron chi connectivity index (χ2n) is 4.40. The number of carbonyl (C=O) groups is 1. The number of ketones is 1. The van der Waals surface area contributed by atoms with Crippen molar-refractivity contribution in [2.24, 2.45) is 0 Å². The number of aryl methyl sites for hydroxylation is 1. The summed E-state index contributed by atoms with van der Waals surface area (Å²) in [6.45, 7) is 1.88. The maximum absolute atomic E-state index is 12.3. The van der Waals surface area contributed by atoms with Crippen molar-refractivity contribution in [2.75, 3.05) is 0 Å². The number of rotatable bonds is 2. The SMILES string of the molecule is Cc1ccc2oc(C(=O)c3ccc(Cl)c(Cl)c3)cc2n1. The smallest absolute Gasteiger partial charge is 0.228 e. The average molecular weight is 306 g/mol. The zero-order valence-electron chi connectivity index (χ0n) is 10.5. The van der Waals surface area contributed by atoms with Gasteiger partial charge in [0.1, 0.15) is 5.52 Å². The van der Waals surface area contributed by atoms with Crippen LogP contribution in [-0.2, 0) is 0 Å². The van der Waals surface area contributed by atoms with Crippen LogP contribution in [0.4, 0.5) is 0 Å². The van der Waals surface area contributed by atoms with Gasteiger partial charge in [0.25, 0.3) is 0 Å². The fraction of sp³-hybridized carbons (Fsp3) is 0.0667. The molecule has 0 amide bonds. The van der Waals surface area contributed by atoms with Crippen molar-refractivity contribution in [3.05, 3.63) is 63.5 Å². The molecule has 0 saturated heterocycles. The molecule has 2 aromatic heterocycles. The second kappa shape index (κ2) is 4.93. The molecule has 0 N–H and O–H groups in total. The van der Waals surface area contributed by atoms with Crippen LogP contribution in [0, 0.1) is 6.92 Å². The zero-order valence-corrected chi connectivity index (χ0v) is 12.0. The van der Waals surface area contributed by atoms with E-state index in [1.54, 1.807) is 24.3 Å². The van der Waals surface area contributed by atoms with Crippen molar-refractivity contribution < 1.29 is 9.21 Å². The normalized spacial score (nSPS) is 10.9. The number of pyridine rings is 1. The molecule has 0 saturated carbocycles. The monoisotopic (exact) mass is 305 g/mol.